The summed E-state index contributed by atoms with van der Waals surface area (Å²) >= 11 is -0.265. The number of esters is 1. The molecular formula is C36H37AlF36IO4-. The molecule has 0 aliphatic carbocycles. The quantitative estimate of drug-likeness (QED) is 0.0951. The molecule has 2 rings (SSSR count). The Kier molecular flexibility index (Phi) is 38.8. The number of hydrogen-bond donors (Lipinski definition) is 0. The predicted octanol–water partition coefficient (Wildman–Crippen LogP) is 12.0. The van der Waals surface area contributed by atoms with E-state index in [9.17, 15) is 145 Å². The summed E-state index contributed by atoms with van der Waals surface area (Å²) in [6, 6.07) is 11.5. The van der Waals surface area contributed by atoms with Gasteiger partial charge in [-0.05, 0) is 0 Å². The van der Waals surface area contributed by atoms with Crippen molar-refractivity contribution in [3.05, 3.63) is 66.8 Å². The average molecular weight is 1370 g/mol. The Bertz CT molecular complexity index is 1820. The van der Waals surface area contributed by atoms with Crippen LogP contribution in [0.1, 0.15) is 52.7 Å². The zero-order chi connectivity index (χ0) is 58.8. The number of benzene rings is 2. The number of alkyl halides is 27. The topological polar surface area (TPSA) is 60.4 Å². The number of halogens is 37. The van der Waals surface area contributed by atoms with E-state index in [0.29, 0.717) is 0 Å². The molecule has 2 aromatic carbocycles. The summed E-state index contributed by atoms with van der Waals surface area (Å²) in [5.74, 6) is -19.2. The molecular weight excluding hydrogens is 1330 g/mol. The largest absolute Gasteiger partial charge is 0.472 e. The Balaban J connectivity index is -0.000000117. The third-order valence-corrected chi connectivity index (χ3v) is 10.4. The first-order valence-electron chi connectivity index (χ1n) is 17.7. The Morgan fingerprint density at radius 2 is 0.551 bits per heavy atom. The molecule has 0 N–H and O–H groups in total. The standard InChI is InChI=1S/C20H26I.C8HF15O2.2C4HF7O.Al.7FH.2H/c1-19(2,3)15-7-11-17(12-8-15)21-18-13-9-16(10-14-18)20(4,5)6;9-3(10,11)1(4(12,13)14)2(24)25-5(6(15,16)17,7(18,19)20)8(21,22)23;2*5-2(12)1(3(6,7)8)4(9,10)11;;;;;;;;;;/h7-14H,1-6H3;1H;2*1H;;7*1H;;/q-1;;;;+1;;;;;;;;;/p-1. The van der Waals surface area contributed by atoms with Gasteiger partial charge in [0.05, 0.1) is 0 Å². The second-order valence-corrected chi connectivity index (χ2v) is 18.4. The third-order valence-electron chi connectivity index (χ3n) is 7.74. The molecule has 0 aliphatic heterocycles. The second kappa shape index (κ2) is 32.4. The summed E-state index contributed by atoms with van der Waals surface area (Å²) < 4.78 is 356. The normalized spacial score (nSPS) is 12.7. The zero-order valence-corrected chi connectivity index (χ0v) is 42.8. The number of carbonyl (C=O) groups excluding carboxylic acids is 3. The van der Waals surface area contributed by atoms with Crippen LogP contribution < -0.4 is 21.2 Å². The van der Waals surface area contributed by atoms with Gasteiger partial charge < -0.3 is 8.26 Å². The maximum Gasteiger partial charge on any atom is 0.472 e. The van der Waals surface area contributed by atoms with E-state index in [0.717, 1.165) is 0 Å². The molecule has 0 saturated heterocycles. The van der Waals surface area contributed by atoms with Crippen LogP contribution in [0.15, 0.2) is 48.5 Å². The van der Waals surface area contributed by atoms with E-state index in [1.807, 2.05) is 0 Å². The zero-order valence-electron chi connectivity index (χ0n) is 38.7. The smallest absolute Gasteiger partial charge is 0.431 e. The summed E-state index contributed by atoms with van der Waals surface area (Å²) in [7, 11) is 0. The van der Waals surface area contributed by atoms with Crippen molar-refractivity contribution in [2.24, 2.45) is 17.8 Å². The number of hydrogen-bond acceptors (Lipinski definition) is 4. The van der Waals surface area contributed by atoms with Gasteiger partial charge in [0.15, 0.2) is 0 Å². The minimum absolute atomic E-state index is 0. The molecule has 0 bridgehead atoms. The molecule has 2 aromatic rings. The van der Waals surface area contributed by atoms with Gasteiger partial charge in [-0.3, -0.25) is 42.6 Å². The minimum Gasteiger partial charge on any atom is -0.431 e. The van der Waals surface area contributed by atoms with Crippen molar-refractivity contribution in [3.63, 3.8) is 0 Å². The molecule has 0 aliphatic rings. The first-order valence-corrected chi connectivity index (χ1v) is 20.7. The maximum atomic E-state index is 12.3. The second-order valence-electron chi connectivity index (χ2n) is 15.4. The molecule has 0 atom stereocenters. The van der Waals surface area contributed by atoms with Gasteiger partial charge in [0.25, 0.3) is 0 Å². The van der Waals surface area contributed by atoms with E-state index in [4.69, 9.17) is 0 Å². The summed E-state index contributed by atoms with van der Waals surface area (Å²) in [6.45, 7) is 13.6. The predicted molar refractivity (Wildman–Crippen MR) is 198 cm³/mol. The summed E-state index contributed by atoms with van der Waals surface area (Å²) in [6.07, 6.45) is -60.5. The van der Waals surface area contributed by atoms with E-state index < -0.39 is 97.0 Å². The van der Waals surface area contributed by atoms with Crippen LogP contribution in [-0.2, 0) is 30.0 Å². The van der Waals surface area contributed by atoms with Crippen molar-refractivity contribution in [2.45, 2.75) is 114 Å². The molecule has 468 valence electrons. The fraction of sp³-hybridized carbons (Fsp3) is 0.583. The van der Waals surface area contributed by atoms with Crippen LogP contribution in [0.3, 0.4) is 0 Å². The van der Waals surface area contributed by atoms with Crippen molar-refractivity contribution in [1.29, 1.82) is 0 Å². The molecule has 0 spiro atoms. The van der Waals surface area contributed by atoms with E-state index in [-0.39, 0.29) is 77.0 Å². The maximum absolute atomic E-state index is 12.3. The number of carbonyl (C=O) groups is 3. The van der Waals surface area contributed by atoms with Gasteiger partial charge in [0, 0.05) is 0 Å². The SMILES string of the molecule is CC(C)(C)c1ccc([I-]c2ccc(C(C)(C)C)cc2)cc1.F.F.F.F.F.F.O=C(F)C(C(F)(F)F)C(F)(F)F.O=C(F)C(C(F)(F)F)C(F)(F)F.O=C(OC(C(F)(F)F)(C(F)(F)F)C(F)(F)F)C(C(F)(F)F)C(F)(F)F.[F][AlH2]. The molecule has 0 heterocycles. The number of rotatable bonds is 6. The van der Waals surface area contributed by atoms with Gasteiger partial charge in [0.2, 0.25) is 17.8 Å². The summed E-state index contributed by atoms with van der Waals surface area (Å²) in [5, 5.41) is 0. The fourth-order valence-corrected chi connectivity index (χ4v) is 6.51. The van der Waals surface area contributed by atoms with Gasteiger partial charge in [-0.25, -0.2) is 0 Å². The van der Waals surface area contributed by atoms with Gasteiger partial charge in [0.1, 0.15) is 0 Å². The first-order chi connectivity index (χ1) is 31.3. The van der Waals surface area contributed by atoms with Crippen LogP contribution >= 0.6 is 0 Å². The van der Waals surface area contributed by atoms with Gasteiger partial charge in [-0.2, -0.15) is 127 Å². The monoisotopic (exact) mass is 1370 g/mol. The van der Waals surface area contributed by atoms with Gasteiger partial charge >= 0.3 is 236 Å². The Hall–Kier alpha value is -4.01. The van der Waals surface area contributed by atoms with Crippen molar-refractivity contribution in [2.75, 3.05) is 0 Å². The Morgan fingerprint density at radius 3 is 0.667 bits per heavy atom. The average Bonchev–Trinajstić information content (AvgIpc) is 3.06. The van der Waals surface area contributed by atoms with E-state index in [1.54, 1.807) is 4.74 Å². The molecule has 0 amide bonds. The Morgan fingerprint density at radius 1 is 0.372 bits per heavy atom. The molecule has 0 saturated carbocycles. The van der Waals surface area contributed by atoms with Crippen molar-refractivity contribution < 1.29 is 199 Å². The van der Waals surface area contributed by atoms with Gasteiger partial charge in [-0.15, -0.1) is 0 Å². The van der Waals surface area contributed by atoms with Crippen molar-refractivity contribution in [1.82, 2.24) is 0 Å². The Labute approximate surface area is 431 Å². The fourth-order valence-electron chi connectivity index (χ4n) is 4.36. The summed E-state index contributed by atoms with van der Waals surface area (Å²) in [4.78, 5) is 29.3. The van der Waals surface area contributed by atoms with Crippen molar-refractivity contribution in [3.8, 4) is 0 Å². The van der Waals surface area contributed by atoms with E-state index >= 15 is 0 Å². The van der Waals surface area contributed by atoms with Crippen LogP contribution in [0.25, 0.3) is 0 Å². The van der Waals surface area contributed by atoms with E-state index in [1.165, 1.54) is 18.3 Å². The van der Waals surface area contributed by atoms with Gasteiger partial charge in [-0.1, -0.05) is 0 Å². The molecule has 78 heavy (non-hydrogen) atoms. The third kappa shape index (κ3) is 28.9. The first kappa shape index (κ1) is 93.3. The molecule has 42 heteroatoms. The summed E-state index contributed by atoms with van der Waals surface area (Å²) in [5.41, 5.74) is -4.29. The van der Waals surface area contributed by atoms with Crippen LogP contribution in [0.5, 0.6) is 0 Å². The molecule has 0 fully saturated rings. The van der Waals surface area contributed by atoms with Crippen molar-refractivity contribution >= 4 is 34.8 Å². The van der Waals surface area contributed by atoms with Crippen LogP contribution in [0, 0.1) is 24.9 Å². The molecule has 0 radical (unpaired) electrons. The minimum atomic E-state index is -7.68. The molecule has 4 nitrogen and oxygen atoms in total. The molecule has 0 aromatic heterocycles. The van der Waals surface area contributed by atoms with Crippen LogP contribution in [0.4, 0.5) is 159 Å². The number of ether oxygens (including phenoxy) is 1. The van der Waals surface area contributed by atoms with Crippen LogP contribution in [-0.4, -0.2) is 96.0 Å². The van der Waals surface area contributed by atoms with Crippen LogP contribution in [0.2, 0.25) is 0 Å². The molecule has 0 unspecified atom stereocenters. The van der Waals surface area contributed by atoms with E-state index in [2.05, 4.69) is 90.1 Å².